The van der Waals surface area contributed by atoms with Gasteiger partial charge in [-0.2, -0.15) is 0 Å². The molecule has 0 aliphatic rings. The summed E-state index contributed by atoms with van der Waals surface area (Å²) in [5.74, 6) is -0.437. The van der Waals surface area contributed by atoms with Gasteiger partial charge >= 0.3 is 0 Å². The Morgan fingerprint density at radius 3 is 2.77 bits per heavy atom. The summed E-state index contributed by atoms with van der Waals surface area (Å²) in [5, 5.41) is 8.91. The largest absolute Gasteiger partial charge is 0.396 e. The zero-order valence-electron chi connectivity index (χ0n) is 7.76. The molecular formula is C11H14FO. The second-order valence-electron chi connectivity index (χ2n) is 3.04. The third-order valence-electron chi connectivity index (χ3n) is 2.17. The fraction of sp³-hybridized carbons (Fsp3) is 0.364. The van der Waals surface area contributed by atoms with E-state index in [0.717, 1.165) is 5.56 Å². The standard InChI is InChI=1S/C11H14FO/c1-3-9-10(8(2)7-13)5-4-6-11(9)12/h4-6,8,13H,2-3,7H2,1H3. The number of halogens is 1. The fourth-order valence-electron chi connectivity index (χ4n) is 1.43. The SMILES string of the molecule is [CH2]C(CO)c1cccc(F)c1CC. The molecule has 0 fully saturated rings. The lowest BCUT2D eigenvalue weighted by Crippen LogP contribution is -2.04. The van der Waals surface area contributed by atoms with Gasteiger partial charge in [-0.3, -0.25) is 0 Å². The average Bonchev–Trinajstić information content (AvgIpc) is 2.16. The van der Waals surface area contributed by atoms with E-state index >= 15 is 0 Å². The van der Waals surface area contributed by atoms with Crippen LogP contribution in [-0.4, -0.2) is 11.7 Å². The highest BCUT2D eigenvalue weighted by atomic mass is 19.1. The van der Waals surface area contributed by atoms with Crippen LogP contribution in [0.25, 0.3) is 0 Å². The Bertz CT molecular complexity index is 283. The minimum atomic E-state index is -0.231. The molecule has 1 unspecified atom stereocenters. The zero-order valence-corrected chi connectivity index (χ0v) is 7.76. The summed E-state index contributed by atoms with van der Waals surface area (Å²) in [6.45, 7) is 5.61. The molecule has 0 aromatic heterocycles. The van der Waals surface area contributed by atoms with Crippen LogP contribution < -0.4 is 0 Å². The smallest absolute Gasteiger partial charge is 0.126 e. The molecule has 1 aromatic carbocycles. The van der Waals surface area contributed by atoms with Crippen molar-refractivity contribution < 1.29 is 9.50 Å². The summed E-state index contributed by atoms with van der Waals surface area (Å²) in [4.78, 5) is 0. The number of hydrogen-bond donors (Lipinski definition) is 1. The van der Waals surface area contributed by atoms with Crippen molar-refractivity contribution in [3.8, 4) is 0 Å². The van der Waals surface area contributed by atoms with Crippen LogP contribution in [0.3, 0.4) is 0 Å². The molecule has 13 heavy (non-hydrogen) atoms. The minimum Gasteiger partial charge on any atom is -0.396 e. The molecule has 1 nitrogen and oxygen atoms in total. The van der Waals surface area contributed by atoms with Crippen LogP contribution in [-0.2, 0) is 6.42 Å². The lowest BCUT2D eigenvalue weighted by molar-refractivity contribution is 0.282. The molecule has 0 bridgehead atoms. The van der Waals surface area contributed by atoms with Gasteiger partial charge in [0.25, 0.3) is 0 Å². The van der Waals surface area contributed by atoms with Crippen LogP contribution in [0.4, 0.5) is 4.39 Å². The lowest BCUT2D eigenvalue weighted by Gasteiger charge is -2.13. The van der Waals surface area contributed by atoms with E-state index in [1.165, 1.54) is 6.07 Å². The van der Waals surface area contributed by atoms with Crippen LogP contribution in [0.2, 0.25) is 0 Å². The quantitative estimate of drug-likeness (QED) is 0.758. The molecule has 71 valence electrons. The first-order chi connectivity index (χ1) is 6.20. The molecule has 1 rings (SSSR count). The van der Waals surface area contributed by atoms with Crippen molar-refractivity contribution in [3.05, 3.63) is 42.1 Å². The molecule has 0 saturated carbocycles. The predicted octanol–water partition coefficient (Wildman–Crippen LogP) is 2.30. The highest BCUT2D eigenvalue weighted by Gasteiger charge is 2.11. The van der Waals surface area contributed by atoms with Crippen molar-refractivity contribution in [2.24, 2.45) is 0 Å². The van der Waals surface area contributed by atoms with E-state index in [0.29, 0.717) is 12.0 Å². The first-order valence-electron chi connectivity index (χ1n) is 4.42. The highest BCUT2D eigenvalue weighted by molar-refractivity contribution is 5.32. The van der Waals surface area contributed by atoms with Gasteiger partial charge in [0, 0.05) is 12.5 Å². The van der Waals surface area contributed by atoms with Crippen molar-refractivity contribution in [2.75, 3.05) is 6.61 Å². The van der Waals surface area contributed by atoms with E-state index in [9.17, 15) is 4.39 Å². The Morgan fingerprint density at radius 1 is 1.54 bits per heavy atom. The lowest BCUT2D eigenvalue weighted by atomic mass is 9.94. The molecule has 0 amide bonds. The molecule has 0 spiro atoms. The zero-order chi connectivity index (χ0) is 9.84. The maximum atomic E-state index is 13.2. The second-order valence-corrected chi connectivity index (χ2v) is 3.04. The van der Waals surface area contributed by atoms with Gasteiger partial charge in [0.2, 0.25) is 0 Å². The molecule has 2 heteroatoms. The van der Waals surface area contributed by atoms with Gasteiger partial charge in [-0.25, -0.2) is 4.39 Å². The van der Waals surface area contributed by atoms with Crippen LogP contribution in [0, 0.1) is 12.7 Å². The van der Waals surface area contributed by atoms with Crippen LogP contribution in [0.5, 0.6) is 0 Å². The van der Waals surface area contributed by atoms with Crippen LogP contribution in [0.15, 0.2) is 18.2 Å². The van der Waals surface area contributed by atoms with Crippen LogP contribution in [0.1, 0.15) is 24.0 Å². The maximum Gasteiger partial charge on any atom is 0.126 e. The third kappa shape index (κ3) is 2.07. The van der Waals surface area contributed by atoms with E-state index in [-0.39, 0.29) is 18.3 Å². The Labute approximate surface area is 78.2 Å². The van der Waals surface area contributed by atoms with Gasteiger partial charge in [0.15, 0.2) is 0 Å². The fourth-order valence-corrected chi connectivity index (χ4v) is 1.43. The molecule has 1 radical (unpaired) electrons. The van der Waals surface area contributed by atoms with Gasteiger partial charge in [0.05, 0.1) is 0 Å². The van der Waals surface area contributed by atoms with Crippen molar-refractivity contribution in [1.29, 1.82) is 0 Å². The van der Waals surface area contributed by atoms with Gasteiger partial charge in [-0.1, -0.05) is 19.1 Å². The van der Waals surface area contributed by atoms with Crippen molar-refractivity contribution in [1.82, 2.24) is 0 Å². The summed E-state index contributed by atoms with van der Waals surface area (Å²) in [6, 6.07) is 4.90. The first kappa shape index (κ1) is 10.2. The second kappa shape index (κ2) is 4.38. The summed E-state index contributed by atoms with van der Waals surface area (Å²) in [7, 11) is 0. The Hall–Kier alpha value is -0.890. The van der Waals surface area contributed by atoms with E-state index in [1.807, 2.05) is 13.0 Å². The summed E-state index contributed by atoms with van der Waals surface area (Å²) < 4.78 is 13.2. The molecule has 0 heterocycles. The Balaban J connectivity index is 3.12. The van der Waals surface area contributed by atoms with Crippen molar-refractivity contribution in [2.45, 2.75) is 19.3 Å². The van der Waals surface area contributed by atoms with E-state index in [1.54, 1.807) is 6.07 Å². The molecule has 0 aliphatic heterocycles. The summed E-state index contributed by atoms with van der Waals surface area (Å²) in [6.07, 6.45) is 0.633. The topological polar surface area (TPSA) is 20.2 Å². The Morgan fingerprint density at radius 2 is 2.23 bits per heavy atom. The third-order valence-corrected chi connectivity index (χ3v) is 2.17. The Kier molecular flexibility index (Phi) is 3.43. The van der Waals surface area contributed by atoms with Crippen LogP contribution >= 0.6 is 0 Å². The molecular weight excluding hydrogens is 167 g/mol. The molecule has 1 N–H and O–H groups in total. The van der Waals surface area contributed by atoms with Crippen molar-refractivity contribution >= 4 is 0 Å². The van der Waals surface area contributed by atoms with E-state index in [4.69, 9.17) is 5.11 Å². The highest BCUT2D eigenvalue weighted by Crippen LogP contribution is 2.21. The average molecular weight is 181 g/mol. The molecule has 0 aliphatic carbocycles. The summed E-state index contributed by atoms with van der Waals surface area (Å²) in [5.41, 5.74) is 1.47. The van der Waals surface area contributed by atoms with Gasteiger partial charge in [-0.05, 0) is 30.5 Å². The van der Waals surface area contributed by atoms with Crippen molar-refractivity contribution in [3.63, 3.8) is 0 Å². The van der Waals surface area contributed by atoms with Gasteiger partial charge < -0.3 is 5.11 Å². The van der Waals surface area contributed by atoms with E-state index < -0.39 is 0 Å². The molecule has 1 aromatic rings. The number of aliphatic hydroxyl groups excluding tert-OH is 1. The molecule has 1 atom stereocenters. The number of hydrogen-bond acceptors (Lipinski definition) is 1. The van der Waals surface area contributed by atoms with E-state index in [2.05, 4.69) is 6.92 Å². The minimum absolute atomic E-state index is 0.0452. The monoisotopic (exact) mass is 181 g/mol. The normalized spacial score (nSPS) is 12.9. The maximum absolute atomic E-state index is 13.2. The number of benzene rings is 1. The predicted molar refractivity (Wildman–Crippen MR) is 51.0 cm³/mol. The van der Waals surface area contributed by atoms with Gasteiger partial charge in [-0.15, -0.1) is 0 Å². The number of aliphatic hydroxyl groups is 1. The molecule has 0 saturated heterocycles. The van der Waals surface area contributed by atoms with Gasteiger partial charge in [0.1, 0.15) is 5.82 Å². The number of rotatable bonds is 3. The summed E-state index contributed by atoms with van der Waals surface area (Å²) >= 11 is 0. The first-order valence-corrected chi connectivity index (χ1v) is 4.42.